The molecule has 2 aromatic rings. The molecular weight excluding hydrogens is 321 g/mol. The molecule has 0 aliphatic heterocycles. The quantitative estimate of drug-likeness (QED) is 0.624. The van der Waals surface area contributed by atoms with Gasteiger partial charge < -0.3 is 4.74 Å². The molecule has 24 heavy (non-hydrogen) atoms. The van der Waals surface area contributed by atoms with E-state index in [2.05, 4.69) is 0 Å². The molecule has 1 aliphatic carbocycles. The maximum Gasteiger partial charge on any atom is 0.411 e. The molecule has 0 bridgehead atoms. The zero-order valence-corrected chi connectivity index (χ0v) is 12.7. The Bertz CT molecular complexity index is 792. The highest BCUT2D eigenvalue weighted by Crippen LogP contribution is 2.49. The summed E-state index contributed by atoms with van der Waals surface area (Å²) in [4.78, 5) is 24.0. The predicted molar refractivity (Wildman–Crippen MR) is 81.1 cm³/mol. The Hall–Kier alpha value is -2.37. The van der Waals surface area contributed by atoms with Crippen molar-refractivity contribution in [3.05, 3.63) is 48.0 Å². The number of hydrogen-bond acceptors (Lipinski definition) is 3. The largest absolute Gasteiger partial charge is 0.460 e. The zero-order chi connectivity index (χ0) is 17.4. The van der Waals surface area contributed by atoms with Crippen molar-refractivity contribution in [1.82, 2.24) is 0 Å². The van der Waals surface area contributed by atoms with Gasteiger partial charge in [-0.1, -0.05) is 42.5 Å². The Morgan fingerprint density at radius 2 is 1.83 bits per heavy atom. The lowest BCUT2D eigenvalue weighted by atomic mass is 9.84. The Balaban J connectivity index is 1.85. The molecule has 1 saturated carbocycles. The normalized spacial score (nSPS) is 21.2. The van der Waals surface area contributed by atoms with E-state index in [0.29, 0.717) is 5.56 Å². The van der Waals surface area contributed by atoms with Crippen LogP contribution < -0.4 is 0 Å². The number of ketones is 1. The van der Waals surface area contributed by atoms with Crippen LogP contribution in [0, 0.1) is 5.41 Å². The van der Waals surface area contributed by atoms with Crippen molar-refractivity contribution in [3.8, 4) is 0 Å². The van der Waals surface area contributed by atoms with Crippen molar-refractivity contribution in [1.29, 1.82) is 0 Å². The second-order valence-corrected chi connectivity index (χ2v) is 5.89. The number of hydrogen-bond donors (Lipinski definition) is 0. The third-order valence-corrected chi connectivity index (χ3v) is 4.50. The number of carbonyl (C=O) groups is 2. The summed E-state index contributed by atoms with van der Waals surface area (Å²) in [5, 5.41) is 1.69. The van der Waals surface area contributed by atoms with E-state index in [0.717, 1.165) is 10.8 Å². The van der Waals surface area contributed by atoms with Gasteiger partial charge in [0.05, 0.1) is 0 Å². The van der Waals surface area contributed by atoms with Crippen molar-refractivity contribution in [2.24, 2.45) is 5.41 Å². The lowest BCUT2D eigenvalue weighted by molar-refractivity contribution is -0.228. The van der Waals surface area contributed by atoms with Gasteiger partial charge >= 0.3 is 12.1 Å². The van der Waals surface area contributed by atoms with Crippen LogP contribution in [0.3, 0.4) is 0 Å². The van der Waals surface area contributed by atoms with Gasteiger partial charge in [-0.2, -0.15) is 13.2 Å². The first-order chi connectivity index (χ1) is 11.4. The molecule has 1 fully saturated rings. The van der Waals surface area contributed by atoms with Crippen LogP contribution in [0.25, 0.3) is 10.8 Å². The average molecular weight is 336 g/mol. The summed E-state index contributed by atoms with van der Waals surface area (Å²) in [6.45, 7) is -0.300. The smallest absolute Gasteiger partial charge is 0.411 e. The maximum absolute atomic E-state index is 13.4. The number of rotatable bonds is 3. The van der Waals surface area contributed by atoms with Crippen LogP contribution >= 0.6 is 0 Å². The van der Waals surface area contributed by atoms with Crippen molar-refractivity contribution < 1.29 is 27.5 Å². The lowest BCUT2D eigenvalue weighted by Crippen LogP contribution is -2.49. The summed E-state index contributed by atoms with van der Waals surface area (Å²) in [6.07, 6.45) is -5.68. The van der Waals surface area contributed by atoms with E-state index in [9.17, 15) is 22.8 Å². The van der Waals surface area contributed by atoms with Gasteiger partial charge in [0.15, 0.2) is 5.78 Å². The highest BCUT2D eigenvalue weighted by Gasteiger charge is 2.67. The molecule has 6 heteroatoms. The van der Waals surface area contributed by atoms with E-state index in [1.807, 2.05) is 18.2 Å². The van der Waals surface area contributed by atoms with Crippen LogP contribution in [0.1, 0.15) is 24.8 Å². The molecule has 0 saturated heterocycles. The number of ether oxygens (including phenoxy) is 1. The lowest BCUT2D eigenvalue weighted by Gasteiger charge is -2.27. The van der Waals surface area contributed by atoms with Crippen LogP contribution in [0.4, 0.5) is 13.2 Å². The van der Waals surface area contributed by atoms with Gasteiger partial charge in [0, 0.05) is 6.42 Å². The fourth-order valence-electron chi connectivity index (χ4n) is 3.18. The van der Waals surface area contributed by atoms with Gasteiger partial charge in [0.1, 0.15) is 6.61 Å². The second-order valence-electron chi connectivity index (χ2n) is 5.89. The van der Waals surface area contributed by atoms with E-state index in [1.165, 1.54) is 0 Å². The number of fused-ring (bicyclic) bond motifs is 1. The first kappa shape index (κ1) is 16.5. The van der Waals surface area contributed by atoms with Gasteiger partial charge in [0.2, 0.25) is 5.41 Å². The maximum atomic E-state index is 13.4. The molecule has 2 aromatic carbocycles. The number of benzene rings is 2. The minimum Gasteiger partial charge on any atom is -0.460 e. The van der Waals surface area contributed by atoms with Gasteiger partial charge in [0.25, 0.3) is 0 Å². The molecule has 126 valence electrons. The zero-order valence-electron chi connectivity index (χ0n) is 12.7. The van der Waals surface area contributed by atoms with Crippen LogP contribution in [-0.2, 0) is 20.9 Å². The third-order valence-electron chi connectivity index (χ3n) is 4.50. The third kappa shape index (κ3) is 2.56. The highest BCUT2D eigenvalue weighted by atomic mass is 19.4. The van der Waals surface area contributed by atoms with E-state index >= 15 is 0 Å². The predicted octanol–water partition coefficient (Wildman–Crippen LogP) is 4.18. The van der Waals surface area contributed by atoms with Gasteiger partial charge in [-0.25, -0.2) is 0 Å². The molecule has 1 atom stereocenters. The number of carbonyl (C=O) groups excluding carboxylic acids is 2. The molecule has 3 rings (SSSR count). The summed E-state index contributed by atoms with van der Waals surface area (Å²) in [5.74, 6) is -2.59. The van der Waals surface area contributed by atoms with Gasteiger partial charge in [-0.05, 0) is 29.2 Å². The summed E-state index contributed by atoms with van der Waals surface area (Å²) < 4.78 is 45.1. The Morgan fingerprint density at radius 1 is 1.12 bits per heavy atom. The molecule has 1 unspecified atom stereocenters. The molecule has 0 N–H and O–H groups in total. The van der Waals surface area contributed by atoms with Crippen LogP contribution in [0.5, 0.6) is 0 Å². The SMILES string of the molecule is O=C1CCCC1(C(=O)OCc1cccc2ccccc12)C(F)(F)F. The number of Topliss-reactive ketones (excluding diaryl/α,β-unsaturated/α-hetero) is 1. The van der Waals surface area contributed by atoms with Crippen molar-refractivity contribution in [2.45, 2.75) is 32.0 Å². The van der Waals surface area contributed by atoms with E-state index < -0.39 is 29.8 Å². The van der Waals surface area contributed by atoms with E-state index in [4.69, 9.17) is 4.74 Å². The minimum atomic E-state index is -4.93. The Morgan fingerprint density at radius 3 is 2.50 bits per heavy atom. The Labute approximate surface area is 136 Å². The number of halogens is 3. The van der Waals surface area contributed by atoms with Crippen molar-refractivity contribution in [2.75, 3.05) is 0 Å². The van der Waals surface area contributed by atoms with Crippen LogP contribution in [0.2, 0.25) is 0 Å². The molecule has 0 radical (unpaired) electrons. The monoisotopic (exact) mass is 336 g/mol. The second kappa shape index (κ2) is 5.92. The van der Waals surface area contributed by atoms with Gasteiger partial charge in [-0.3, -0.25) is 9.59 Å². The molecule has 3 nitrogen and oxygen atoms in total. The molecule has 0 spiro atoms. The average Bonchev–Trinajstić information content (AvgIpc) is 2.95. The van der Waals surface area contributed by atoms with Crippen molar-refractivity contribution in [3.63, 3.8) is 0 Å². The Kier molecular flexibility index (Phi) is 4.07. The summed E-state index contributed by atoms with van der Waals surface area (Å²) in [6, 6.07) is 12.6. The molecular formula is C18H15F3O3. The van der Waals surface area contributed by atoms with Crippen LogP contribution in [0.15, 0.2) is 42.5 Å². The fourth-order valence-corrected chi connectivity index (χ4v) is 3.18. The topological polar surface area (TPSA) is 43.4 Å². The molecule has 0 amide bonds. The van der Waals surface area contributed by atoms with Crippen molar-refractivity contribution >= 4 is 22.5 Å². The first-order valence-corrected chi connectivity index (χ1v) is 7.60. The summed E-state index contributed by atoms with van der Waals surface area (Å²) in [7, 11) is 0. The number of esters is 1. The standard InChI is InChI=1S/C18H15F3O3/c19-18(20,21)17(10-4-9-15(17)22)16(23)24-11-13-7-3-6-12-5-1-2-8-14(12)13/h1-3,5-8H,4,9-11H2. The fraction of sp³-hybridized carbons (Fsp3) is 0.333. The summed E-state index contributed by atoms with van der Waals surface area (Å²) >= 11 is 0. The number of alkyl halides is 3. The first-order valence-electron chi connectivity index (χ1n) is 7.60. The van der Waals surface area contributed by atoms with E-state index in [-0.39, 0.29) is 19.4 Å². The molecule has 1 aliphatic rings. The molecule has 0 heterocycles. The van der Waals surface area contributed by atoms with Gasteiger partial charge in [-0.15, -0.1) is 0 Å². The summed E-state index contributed by atoms with van der Waals surface area (Å²) in [5.41, 5.74) is -2.40. The minimum absolute atomic E-state index is 0.0434. The van der Waals surface area contributed by atoms with E-state index in [1.54, 1.807) is 24.3 Å². The molecule has 0 aromatic heterocycles. The highest BCUT2D eigenvalue weighted by molar-refractivity contribution is 6.06. The van der Waals surface area contributed by atoms with Crippen LogP contribution in [-0.4, -0.2) is 17.9 Å².